The van der Waals surface area contributed by atoms with Gasteiger partial charge in [-0.15, -0.1) is 0 Å². The zero-order valence-electron chi connectivity index (χ0n) is 10.7. The Kier molecular flexibility index (Phi) is 3.85. The molecule has 0 aliphatic carbocycles. The second-order valence-corrected chi connectivity index (χ2v) is 5.15. The molecule has 19 heavy (non-hydrogen) atoms. The fourth-order valence-corrected chi connectivity index (χ4v) is 1.91. The van der Waals surface area contributed by atoms with Crippen molar-refractivity contribution >= 4 is 33.3 Å². The Labute approximate surface area is 120 Å². The summed E-state index contributed by atoms with van der Waals surface area (Å²) < 4.78 is 0.908. The number of nitrogen functional groups attached to an aromatic ring is 1. The van der Waals surface area contributed by atoms with E-state index in [4.69, 9.17) is 5.73 Å². The number of aryl methyl sites for hydroxylation is 1. The lowest BCUT2D eigenvalue weighted by Crippen LogP contribution is -2.15. The van der Waals surface area contributed by atoms with Crippen LogP contribution >= 0.6 is 15.9 Å². The molecule has 1 aromatic carbocycles. The van der Waals surface area contributed by atoms with Gasteiger partial charge in [0.15, 0.2) is 0 Å². The van der Waals surface area contributed by atoms with E-state index in [0.717, 1.165) is 15.6 Å². The van der Waals surface area contributed by atoms with Crippen molar-refractivity contribution in [3.8, 4) is 0 Å². The summed E-state index contributed by atoms with van der Waals surface area (Å²) in [6.07, 6.45) is 1.66. The van der Waals surface area contributed by atoms with Crippen LogP contribution in [0.2, 0.25) is 0 Å². The summed E-state index contributed by atoms with van der Waals surface area (Å²) in [5.74, 6) is 0.312. The van der Waals surface area contributed by atoms with Gasteiger partial charge in [-0.1, -0.05) is 6.07 Å². The first-order chi connectivity index (χ1) is 8.99. The summed E-state index contributed by atoms with van der Waals surface area (Å²) in [6, 6.07) is 7.09. The number of rotatable bonds is 2. The van der Waals surface area contributed by atoms with Gasteiger partial charge in [0.25, 0.3) is 5.91 Å². The number of amides is 1. The maximum Gasteiger partial charge on any atom is 0.257 e. The summed E-state index contributed by atoms with van der Waals surface area (Å²) in [7, 11) is 0. The lowest BCUT2D eigenvalue weighted by molar-refractivity contribution is 0.102. The summed E-state index contributed by atoms with van der Waals surface area (Å²) in [6.45, 7) is 3.76. The van der Waals surface area contributed by atoms with Crippen molar-refractivity contribution in [2.24, 2.45) is 0 Å². The molecule has 0 saturated carbocycles. The molecule has 0 saturated heterocycles. The first-order valence-electron chi connectivity index (χ1n) is 5.77. The molecular formula is C14H14BrN3O. The van der Waals surface area contributed by atoms with Gasteiger partial charge in [-0.3, -0.25) is 4.79 Å². The molecule has 2 rings (SSSR count). The van der Waals surface area contributed by atoms with Crippen molar-refractivity contribution < 1.29 is 4.79 Å². The standard InChI is InChI=1S/C14H14BrN3O/c1-8-6-13(17-7-11(8)15)18-14(19)10-4-3-5-12(16)9(10)2/h3-7H,16H2,1-2H3,(H,17,18,19). The molecule has 4 nitrogen and oxygen atoms in total. The predicted octanol–water partition coefficient (Wildman–Crippen LogP) is 3.30. The van der Waals surface area contributed by atoms with E-state index >= 15 is 0 Å². The average Bonchev–Trinajstić information content (AvgIpc) is 2.37. The van der Waals surface area contributed by atoms with Crippen LogP contribution in [-0.2, 0) is 0 Å². The second-order valence-electron chi connectivity index (χ2n) is 4.29. The highest BCUT2D eigenvalue weighted by molar-refractivity contribution is 9.10. The minimum atomic E-state index is -0.209. The molecule has 98 valence electrons. The molecule has 1 amide bonds. The Morgan fingerprint density at radius 2 is 2.11 bits per heavy atom. The molecule has 2 aromatic rings. The third-order valence-corrected chi connectivity index (χ3v) is 3.74. The Balaban J connectivity index is 2.26. The number of hydrogen-bond donors (Lipinski definition) is 2. The number of halogens is 1. The number of carbonyl (C=O) groups excluding carboxylic acids is 1. The molecule has 0 fully saturated rings. The van der Waals surface area contributed by atoms with E-state index in [9.17, 15) is 4.79 Å². The zero-order chi connectivity index (χ0) is 14.0. The Bertz CT molecular complexity index is 641. The van der Waals surface area contributed by atoms with E-state index in [2.05, 4.69) is 26.2 Å². The van der Waals surface area contributed by atoms with Gasteiger partial charge in [0.05, 0.1) is 0 Å². The Morgan fingerprint density at radius 3 is 2.79 bits per heavy atom. The van der Waals surface area contributed by atoms with Crippen LogP contribution in [0.25, 0.3) is 0 Å². The molecule has 0 unspecified atom stereocenters. The third kappa shape index (κ3) is 2.93. The van der Waals surface area contributed by atoms with Crippen molar-refractivity contribution in [1.82, 2.24) is 4.98 Å². The maximum atomic E-state index is 12.2. The minimum absolute atomic E-state index is 0.209. The van der Waals surface area contributed by atoms with Gasteiger partial charge in [0, 0.05) is 21.9 Å². The molecule has 0 aliphatic rings. The molecule has 0 bridgehead atoms. The number of pyridine rings is 1. The summed E-state index contributed by atoms with van der Waals surface area (Å²) in [5.41, 5.74) is 8.74. The Hall–Kier alpha value is -1.88. The number of aromatic nitrogens is 1. The number of carbonyl (C=O) groups is 1. The van der Waals surface area contributed by atoms with Crippen molar-refractivity contribution in [2.75, 3.05) is 11.1 Å². The topological polar surface area (TPSA) is 68.0 Å². The zero-order valence-corrected chi connectivity index (χ0v) is 12.3. The van der Waals surface area contributed by atoms with Gasteiger partial charge in [-0.05, 0) is 59.1 Å². The number of hydrogen-bond acceptors (Lipinski definition) is 3. The first kappa shape index (κ1) is 13.5. The van der Waals surface area contributed by atoms with E-state index in [-0.39, 0.29) is 5.91 Å². The highest BCUT2D eigenvalue weighted by Crippen LogP contribution is 2.19. The van der Waals surface area contributed by atoms with Crippen molar-refractivity contribution in [1.29, 1.82) is 0 Å². The smallest absolute Gasteiger partial charge is 0.257 e. The van der Waals surface area contributed by atoms with Gasteiger partial charge in [0.1, 0.15) is 5.82 Å². The summed E-state index contributed by atoms with van der Waals surface area (Å²) >= 11 is 3.37. The maximum absolute atomic E-state index is 12.2. The van der Waals surface area contributed by atoms with Gasteiger partial charge < -0.3 is 11.1 Å². The highest BCUT2D eigenvalue weighted by atomic mass is 79.9. The van der Waals surface area contributed by atoms with Gasteiger partial charge in [-0.25, -0.2) is 4.98 Å². The SMILES string of the molecule is Cc1cc(NC(=O)c2cccc(N)c2C)ncc1Br. The third-order valence-electron chi connectivity index (χ3n) is 2.91. The first-order valence-corrected chi connectivity index (χ1v) is 6.57. The van der Waals surface area contributed by atoms with Crippen molar-refractivity contribution in [3.63, 3.8) is 0 Å². The summed E-state index contributed by atoms with van der Waals surface area (Å²) in [4.78, 5) is 16.3. The molecule has 0 aliphatic heterocycles. The van der Waals surface area contributed by atoms with E-state index < -0.39 is 0 Å². The summed E-state index contributed by atoms with van der Waals surface area (Å²) in [5, 5.41) is 2.77. The highest BCUT2D eigenvalue weighted by Gasteiger charge is 2.11. The molecule has 1 aromatic heterocycles. The van der Waals surface area contributed by atoms with Crippen LogP contribution in [-0.4, -0.2) is 10.9 Å². The second kappa shape index (κ2) is 5.40. The van der Waals surface area contributed by atoms with E-state index in [1.54, 1.807) is 24.4 Å². The Morgan fingerprint density at radius 1 is 1.37 bits per heavy atom. The van der Waals surface area contributed by atoms with Gasteiger partial charge >= 0.3 is 0 Å². The van der Waals surface area contributed by atoms with Gasteiger partial charge in [0.2, 0.25) is 0 Å². The van der Waals surface area contributed by atoms with Crippen molar-refractivity contribution in [2.45, 2.75) is 13.8 Å². The molecule has 0 radical (unpaired) electrons. The van der Waals surface area contributed by atoms with Crippen LogP contribution in [0.5, 0.6) is 0 Å². The predicted molar refractivity (Wildman–Crippen MR) is 80.2 cm³/mol. The van der Waals surface area contributed by atoms with Gasteiger partial charge in [-0.2, -0.15) is 0 Å². The largest absolute Gasteiger partial charge is 0.398 e. The van der Waals surface area contributed by atoms with Crippen molar-refractivity contribution in [3.05, 3.63) is 51.6 Å². The average molecular weight is 320 g/mol. The molecular weight excluding hydrogens is 306 g/mol. The molecule has 0 atom stereocenters. The minimum Gasteiger partial charge on any atom is -0.398 e. The van der Waals surface area contributed by atoms with Crippen LogP contribution in [0.3, 0.4) is 0 Å². The molecule has 1 heterocycles. The number of anilines is 2. The van der Waals surface area contributed by atoms with Crippen LogP contribution in [0.4, 0.5) is 11.5 Å². The number of nitrogens with two attached hydrogens (primary N) is 1. The van der Waals surface area contributed by atoms with E-state index in [1.807, 2.05) is 19.9 Å². The fourth-order valence-electron chi connectivity index (χ4n) is 1.69. The lowest BCUT2D eigenvalue weighted by atomic mass is 10.1. The number of nitrogens with one attached hydrogen (secondary N) is 1. The molecule has 0 spiro atoms. The number of benzene rings is 1. The fraction of sp³-hybridized carbons (Fsp3) is 0.143. The van der Waals surface area contributed by atoms with Crippen LogP contribution in [0.15, 0.2) is 34.9 Å². The van der Waals surface area contributed by atoms with E-state index in [0.29, 0.717) is 17.1 Å². The van der Waals surface area contributed by atoms with Crippen LogP contribution in [0.1, 0.15) is 21.5 Å². The van der Waals surface area contributed by atoms with E-state index in [1.165, 1.54) is 0 Å². The van der Waals surface area contributed by atoms with Crippen LogP contribution < -0.4 is 11.1 Å². The number of nitrogens with zero attached hydrogens (tertiary/aromatic N) is 1. The quantitative estimate of drug-likeness (QED) is 0.834. The monoisotopic (exact) mass is 319 g/mol. The normalized spacial score (nSPS) is 10.3. The molecule has 3 N–H and O–H groups in total. The lowest BCUT2D eigenvalue weighted by Gasteiger charge is -2.09. The molecule has 5 heteroatoms. The van der Waals surface area contributed by atoms with Crippen LogP contribution in [0, 0.1) is 13.8 Å².